The highest BCUT2D eigenvalue weighted by Crippen LogP contribution is 2.38. The van der Waals surface area contributed by atoms with Crippen LogP contribution in [0.3, 0.4) is 0 Å². The van der Waals surface area contributed by atoms with Crippen LogP contribution in [-0.2, 0) is 90.4 Å². The lowest BCUT2D eigenvalue weighted by Crippen LogP contribution is -2.65. The standard InChI is InChI=1S/C58H83NO19/c1-15-45-43(32-70-57-56(68-14)55(67-13)53(37(7)71-57)74-39(9)61)29-33(3)25-27-44(63)34(4)30-42(23-20-24-47(64)69-16-2)51(35(5)46(31-49(66)76-45)77-48(65)28-26-41-21-18-17-19-22-41)78-58-54(75-40(10)62)50(59(11)12)52(36(6)72-58)73-38(8)60/h17-22,24-29,34-37,42-43,45-46,50-58H,15-16,23,30-32H2,1-14H3/b24-20+,27-25+,28-26+,33-29+/t34-,35+,36+,37-,42+,43-,45-,46-,50-,51-,52+,53-,54+,55-,56-,57-,58-/m1/s1. The van der Waals surface area contributed by atoms with Crippen LogP contribution in [-0.4, -0.2) is 168 Å². The van der Waals surface area contributed by atoms with Crippen molar-refractivity contribution in [2.45, 2.75) is 175 Å². The molecule has 3 aliphatic rings. The number of likely N-dealkylation sites (N-methyl/N-ethyl adjacent to an activating group) is 1. The molecule has 0 bridgehead atoms. The van der Waals surface area contributed by atoms with Crippen LogP contribution in [0.2, 0.25) is 0 Å². The van der Waals surface area contributed by atoms with E-state index in [4.69, 9.17) is 56.8 Å². The number of rotatable bonds is 19. The van der Waals surface area contributed by atoms with E-state index in [1.54, 1.807) is 90.9 Å². The number of methoxy groups -OCH3 is 2. The largest absolute Gasteiger partial charge is 0.463 e. The molecule has 78 heavy (non-hydrogen) atoms. The molecule has 1 aromatic rings. The van der Waals surface area contributed by atoms with Gasteiger partial charge in [0.15, 0.2) is 30.6 Å². The minimum absolute atomic E-state index is 0.0845. The van der Waals surface area contributed by atoms with Crippen molar-refractivity contribution in [2.24, 2.45) is 23.7 Å². The van der Waals surface area contributed by atoms with Gasteiger partial charge in [-0.2, -0.15) is 0 Å². The van der Waals surface area contributed by atoms with Crippen LogP contribution in [0, 0.1) is 23.7 Å². The first-order valence-corrected chi connectivity index (χ1v) is 26.7. The first-order valence-electron chi connectivity index (χ1n) is 26.7. The van der Waals surface area contributed by atoms with Crippen molar-refractivity contribution in [2.75, 3.05) is 41.5 Å². The van der Waals surface area contributed by atoms with E-state index in [9.17, 15) is 33.6 Å². The second kappa shape index (κ2) is 31.8. The van der Waals surface area contributed by atoms with Crippen LogP contribution in [0.1, 0.15) is 100 Å². The maximum Gasteiger partial charge on any atom is 0.331 e. The molecule has 0 saturated carbocycles. The monoisotopic (exact) mass is 1100 g/mol. The molecule has 4 rings (SSSR count). The molecule has 2 fully saturated rings. The smallest absolute Gasteiger partial charge is 0.331 e. The van der Waals surface area contributed by atoms with Gasteiger partial charge in [-0.1, -0.05) is 74.9 Å². The van der Waals surface area contributed by atoms with E-state index in [0.29, 0.717) is 11.1 Å². The van der Waals surface area contributed by atoms with E-state index in [1.807, 2.05) is 31.2 Å². The topological polar surface area (TPSA) is 233 Å². The van der Waals surface area contributed by atoms with Crippen LogP contribution in [0.4, 0.5) is 0 Å². The molecule has 3 heterocycles. The van der Waals surface area contributed by atoms with Crippen molar-refractivity contribution in [3.8, 4) is 0 Å². The summed E-state index contributed by atoms with van der Waals surface area (Å²) >= 11 is 0. The normalized spacial score (nSPS) is 33.6. The first kappa shape index (κ1) is 64.9. The van der Waals surface area contributed by atoms with E-state index >= 15 is 0 Å². The summed E-state index contributed by atoms with van der Waals surface area (Å²) in [5, 5.41) is 0. The third-order valence-electron chi connectivity index (χ3n) is 14.0. The fraction of sp³-hybridized carbons (Fsp3) is 0.638. The number of esters is 6. The fourth-order valence-corrected chi connectivity index (χ4v) is 10.2. The summed E-state index contributed by atoms with van der Waals surface area (Å²) in [5.41, 5.74) is 1.35. The van der Waals surface area contributed by atoms with Gasteiger partial charge in [-0.05, 0) is 84.7 Å². The van der Waals surface area contributed by atoms with Gasteiger partial charge in [-0.25, -0.2) is 9.59 Å². The summed E-state index contributed by atoms with van der Waals surface area (Å²) in [4.78, 5) is 95.0. The number of hydrogen-bond donors (Lipinski definition) is 0. The minimum atomic E-state index is -1.37. The van der Waals surface area contributed by atoms with Crippen LogP contribution in [0.25, 0.3) is 6.08 Å². The maximum atomic E-state index is 14.7. The number of nitrogens with zero attached hydrogens (tertiary/aromatic N) is 1. The quantitative estimate of drug-likeness (QED) is 0.0821. The Kier molecular flexibility index (Phi) is 26.5. The maximum absolute atomic E-state index is 14.7. The zero-order valence-electron chi connectivity index (χ0n) is 47.7. The zero-order valence-corrected chi connectivity index (χ0v) is 47.7. The third kappa shape index (κ3) is 19.3. The highest BCUT2D eigenvalue weighted by molar-refractivity contribution is 5.92. The van der Waals surface area contributed by atoms with E-state index < -0.39 is 146 Å². The lowest BCUT2D eigenvalue weighted by molar-refractivity contribution is -0.308. The predicted molar refractivity (Wildman–Crippen MR) is 284 cm³/mol. The van der Waals surface area contributed by atoms with E-state index in [1.165, 1.54) is 53.2 Å². The molecule has 0 aliphatic carbocycles. The molecule has 17 atom stereocenters. The molecule has 0 N–H and O–H groups in total. The molecule has 0 amide bonds. The Morgan fingerprint density at radius 3 is 1.95 bits per heavy atom. The van der Waals surface area contributed by atoms with Gasteiger partial charge in [-0.15, -0.1) is 0 Å². The van der Waals surface area contributed by atoms with Crippen molar-refractivity contribution in [1.82, 2.24) is 4.90 Å². The molecule has 0 spiro atoms. The first-order chi connectivity index (χ1) is 37.0. The average molecular weight is 1100 g/mol. The number of hydrogen-bond acceptors (Lipinski definition) is 20. The van der Waals surface area contributed by atoms with E-state index in [2.05, 4.69) is 0 Å². The highest BCUT2D eigenvalue weighted by atomic mass is 16.7. The number of allylic oxidation sites excluding steroid dienone is 4. The van der Waals surface area contributed by atoms with Crippen molar-refractivity contribution in [1.29, 1.82) is 0 Å². The van der Waals surface area contributed by atoms with Gasteiger partial charge in [0.1, 0.15) is 30.5 Å². The Labute approximate surface area is 459 Å². The lowest BCUT2D eigenvalue weighted by Gasteiger charge is -2.48. The summed E-state index contributed by atoms with van der Waals surface area (Å²) in [6.07, 6.45) is -1.05. The molecular formula is C58H83NO19. The Morgan fingerprint density at radius 1 is 0.731 bits per heavy atom. The summed E-state index contributed by atoms with van der Waals surface area (Å²) in [7, 11) is 6.38. The number of ketones is 1. The van der Waals surface area contributed by atoms with Gasteiger partial charge in [0.25, 0.3) is 0 Å². The van der Waals surface area contributed by atoms with Gasteiger partial charge < -0.3 is 56.8 Å². The van der Waals surface area contributed by atoms with Gasteiger partial charge in [0.05, 0.1) is 44.0 Å². The van der Waals surface area contributed by atoms with Crippen LogP contribution >= 0.6 is 0 Å². The average Bonchev–Trinajstić information content (AvgIpc) is 3.42. The Hall–Kier alpha value is -5.61. The Morgan fingerprint density at radius 2 is 1.35 bits per heavy atom. The number of ether oxygens (including phenoxy) is 12. The van der Waals surface area contributed by atoms with Gasteiger partial charge >= 0.3 is 35.8 Å². The SMILES string of the molecule is CCOC(=O)/C=C/C[C@H]1C[C@@H](C)C(=O)/C=C/C(C)=C/[C@H](CO[C@@H]2O[C@H](C)[C@@H](OC(C)=O)[C@@H](OC)[C@H]2OC)[C@@H](CC)OC(=O)C[C@@H](OC(=O)/C=C/c2ccccc2)[C@H](C)[C@H]1O[C@H]1O[C@@H](C)[C@H](OC(C)=O)[C@@H](N(C)C)[C@@H]1OC(C)=O. The van der Waals surface area contributed by atoms with Crippen molar-refractivity contribution >= 4 is 47.7 Å². The molecular weight excluding hydrogens is 1010 g/mol. The predicted octanol–water partition coefficient (Wildman–Crippen LogP) is 6.46. The number of carbonyl (C=O) groups is 7. The van der Waals surface area contributed by atoms with Crippen molar-refractivity contribution in [3.05, 3.63) is 77.9 Å². The highest BCUT2D eigenvalue weighted by Gasteiger charge is 2.52. The van der Waals surface area contributed by atoms with Crippen LogP contribution in [0.5, 0.6) is 0 Å². The third-order valence-corrected chi connectivity index (χ3v) is 14.0. The number of benzene rings is 1. The minimum Gasteiger partial charge on any atom is -0.463 e. The molecule has 0 radical (unpaired) electrons. The summed E-state index contributed by atoms with van der Waals surface area (Å²) < 4.78 is 72.9. The summed E-state index contributed by atoms with van der Waals surface area (Å²) in [6, 6.07) is 8.26. The summed E-state index contributed by atoms with van der Waals surface area (Å²) in [6.45, 7) is 16.0. The molecule has 3 aliphatic heterocycles. The molecule has 0 unspecified atom stereocenters. The Bertz CT molecular complexity index is 2260. The molecule has 0 aromatic heterocycles. The fourth-order valence-electron chi connectivity index (χ4n) is 10.2. The molecule has 434 valence electrons. The second-order valence-electron chi connectivity index (χ2n) is 20.2. The molecule has 20 nitrogen and oxygen atoms in total. The molecule has 1 aromatic carbocycles. The molecule has 2 saturated heterocycles. The van der Waals surface area contributed by atoms with Crippen molar-refractivity contribution in [3.63, 3.8) is 0 Å². The van der Waals surface area contributed by atoms with E-state index in [0.717, 1.165) is 0 Å². The van der Waals surface area contributed by atoms with Crippen LogP contribution < -0.4 is 0 Å². The van der Waals surface area contributed by atoms with Crippen molar-refractivity contribution < 1.29 is 90.4 Å². The summed E-state index contributed by atoms with van der Waals surface area (Å²) in [5.74, 6) is -7.18. The number of carbonyl (C=O) groups excluding carboxylic acids is 7. The zero-order chi connectivity index (χ0) is 57.8. The molecule has 20 heteroatoms. The van der Waals surface area contributed by atoms with Gasteiger partial charge in [0.2, 0.25) is 0 Å². The second-order valence-corrected chi connectivity index (χ2v) is 20.2. The van der Waals surface area contributed by atoms with Crippen LogP contribution in [0.15, 0.2) is 72.4 Å². The lowest BCUT2D eigenvalue weighted by atomic mass is 9.79. The Balaban J connectivity index is 1.89. The van der Waals surface area contributed by atoms with Gasteiger partial charge in [-0.3, -0.25) is 28.9 Å². The van der Waals surface area contributed by atoms with Gasteiger partial charge in [0, 0.05) is 64.9 Å². The van der Waals surface area contributed by atoms with E-state index in [-0.39, 0.29) is 38.3 Å². The number of cyclic esters (lactones) is 1.